The second-order valence-electron chi connectivity index (χ2n) is 6.49. The number of benzene rings is 1. The summed E-state index contributed by atoms with van der Waals surface area (Å²) in [6, 6.07) is 9.37. The van der Waals surface area contributed by atoms with E-state index in [0.717, 1.165) is 42.9 Å². The van der Waals surface area contributed by atoms with Crippen LogP contribution in [0.3, 0.4) is 0 Å². The van der Waals surface area contributed by atoms with E-state index < -0.39 is 0 Å². The Hall–Kier alpha value is -2.07. The van der Waals surface area contributed by atoms with Gasteiger partial charge in [-0.3, -0.25) is 4.79 Å². The molecule has 0 radical (unpaired) electrons. The minimum absolute atomic E-state index is 0.0207. The standard InChI is InChI=1S/C19H22ClN3O/c1-13-7-9-23(10-8-13)19(24)17-6-5-16(12-21-17)22-18-11-15(20)4-3-14(18)2/h3-6,11-13,22H,7-10H2,1-2H3. The molecule has 2 heterocycles. The number of nitrogens with one attached hydrogen (secondary N) is 1. The van der Waals surface area contributed by atoms with Gasteiger partial charge in [-0.25, -0.2) is 4.98 Å². The van der Waals surface area contributed by atoms with Crippen molar-refractivity contribution in [1.29, 1.82) is 0 Å². The largest absolute Gasteiger partial charge is 0.354 e. The minimum atomic E-state index is 0.0207. The number of amides is 1. The van der Waals surface area contributed by atoms with Crippen molar-refractivity contribution in [1.82, 2.24) is 9.88 Å². The zero-order valence-electron chi connectivity index (χ0n) is 14.1. The summed E-state index contributed by atoms with van der Waals surface area (Å²) in [5, 5.41) is 3.98. The van der Waals surface area contributed by atoms with Crippen LogP contribution in [0.1, 0.15) is 35.8 Å². The number of rotatable bonds is 3. The Bertz CT molecular complexity index is 722. The first kappa shape index (κ1) is 16.8. The first-order valence-electron chi connectivity index (χ1n) is 8.31. The van der Waals surface area contributed by atoms with Gasteiger partial charge in [0.15, 0.2) is 0 Å². The van der Waals surface area contributed by atoms with Gasteiger partial charge in [0.05, 0.1) is 11.9 Å². The van der Waals surface area contributed by atoms with Crippen molar-refractivity contribution in [3.05, 3.63) is 52.8 Å². The summed E-state index contributed by atoms with van der Waals surface area (Å²) >= 11 is 6.04. The lowest BCUT2D eigenvalue weighted by Gasteiger charge is -2.30. The van der Waals surface area contributed by atoms with Crippen LogP contribution in [0.25, 0.3) is 0 Å². The lowest BCUT2D eigenvalue weighted by atomic mass is 9.99. The first-order valence-corrected chi connectivity index (χ1v) is 8.69. The Balaban J connectivity index is 1.69. The molecule has 4 nitrogen and oxygen atoms in total. The van der Waals surface area contributed by atoms with E-state index in [1.54, 1.807) is 12.3 Å². The number of carbonyl (C=O) groups excluding carboxylic acids is 1. The predicted octanol–water partition coefficient (Wildman–Crippen LogP) is 4.66. The van der Waals surface area contributed by atoms with Crippen LogP contribution in [0, 0.1) is 12.8 Å². The number of halogens is 1. The lowest BCUT2D eigenvalue weighted by Crippen LogP contribution is -2.38. The molecular weight excluding hydrogens is 322 g/mol. The smallest absolute Gasteiger partial charge is 0.272 e. The van der Waals surface area contributed by atoms with Crippen LogP contribution in [0.15, 0.2) is 36.5 Å². The summed E-state index contributed by atoms with van der Waals surface area (Å²) in [4.78, 5) is 18.7. The van der Waals surface area contributed by atoms with Crippen LogP contribution in [0.4, 0.5) is 11.4 Å². The molecule has 0 saturated carbocycles. The van der Waals surface area contributed by atoms with Gasteiger partial charge in [0.2, 0.25) is 0 Å². The Kier molecular flexibility index (Phi) is 5.05. The highest BCUT2D eigenvalue weighted by atomic mass is 35.5. The van der Waals surface area contributed by atoms with Crippen LogP contribution in [0.2, 0.25) is 5.02 Å². The summed E-state index contributed by atoms with van der Waals surface area (Å²) in [6.45, 7) is 5.90. The maximum Gasteiger partial charge on any atom is 0.272 e. The van der Waals surface area contributed by atoms with E-state index in [4.69, 9.17) is 11.6 Å². The van der Waals surface area contributed by atoms with E-state index in [1.807, 2.05) is 36.1 Å². The maximum absolute atomic E-state index is 12.5. The van der Waals surface area contributed by atoms with Gasteiger partial charge in [-0.15, -0.1) is 0 Å². The van der Waals surface area contributed by atoms with Gasteiger partial charge in [0.1, 0.15) is 5.69 Å². The molecule has 1 N–H and O–H groups in total. The Morgan fingerprint density at radius 2 is 2.00 bits per heavy atom. The van der Waals surface area contributed by atoms with E-state index in [-0.39, 0.29) is 5.91 Å². The van der Waals surface area contributed by atoms with E-state index >= 15 is 0 Å². The van der Waals surface area contributed by atoms with Crippen molar-refractivity contribution in [2.45, 2.75) is 26.7 Å². The van der Waals surface area contributed by atoms with Crippen molar-refractivity contribution in [2.24, 2.45) is 5.92 Å². The molecule has 0 bridgehead atoms. The molecule has 1 saturated heterocycles. The average Bonchev–Trinajstić information content (AvgIpc) is 2.59. The van der Waals surface area contributed by atoms with Crippen LogP contribution in [-0.4, -0.2) is 28.9 Å². The van der Waals surface area contributed by atoms with Crippen LogP contribution >= 0.6 is 11.6 Å². The normalized spacial score (nSPS) is 15.4. The monoisotopic (exact) mass is 343 g/mol. The number of hydrogen-bond donors (Lipinski definition) is 1. The molecule has 24 heavy (non-hydrogen) atoms. The van der Waals surface area contributed by atoms with E-state index in [2.05, 4.69) is 17.2 Å². The molecule has 1 aliphatic rings. The minimum Gasteiger partial charge on any atom is -0.354 e. The molecule has 1 aliphatic heterocycles. The van der Waals surface area contributed by atoms with Gasteiger partial charge in [-0.1, -0.05) is 24.6 Å². The van der Waals surface area contributed by atoms with E-state index in [1.165, 1.54) is 0 Å². The molecule has 3 rings (SSSR count). The van der Waals surface area contributed by atoms with E-state index in [0.29, 0.717) is 16.6 Å². The van der Waals surface area contributed by atoms with Crippen LogP contribution in [-0.2, 0) is 0 Å². The highest BCUT2D eigenvalue weighted by Crippen LogP contribution is 2.24. The number of likely N-dealkylation sites (tertiary alicyclic amines) is 1. The number of anilines is 2. The Labute approximate surface area is 147 Å². The third kappa shape index (κ3) is 3.88. The van der Waals surface area contributed by atoms with Crippen molar-refractivity contribution in [2.75, 3.05) is 18.4 Å². The molecule has 5 heteroatoms. The fourth-order valence-corrected chi connectivity index (χ4v) is 3.02. The van der Waals surface area contributed by atoms with Crippen LogP contribution < -0.4 is 5.32 Å². The third-order valence-corrected chi connectivity index (χ3v) is 4.77. The zero-order valence-corrected chi connectivity index (χ0v) is 14.8. The number of carbonyl (C=O) groups is 1. The van der Waals surface area contributed by atoms with Crippen molar-refractivity contribution in [3.8, 4) is 0 Å². The fourth-order valence-electron chi connectivity index (χ4n) is 2.85. The van der Waals surface area contributed by atoms with Gasteiger partial charge in [-0.05, 0) is 55.5 Å². The maximum atomic E-state index is 12.5. The molecule has 1 aromatic heterocycles. The number of pyridine rings is 1. The topological polar surface area (TPSA) is 45.2 Å². The predicted molar refractivity (Wildman–Crippen MR) is 98.0 cm³/mol. The fraction of sp³-hybridized carbons (Fsp3) is 0.368. The van der Waals surface area contributed by atoms with Crippen LogP contribution in [0.5, 0.6) is 0 Å². The second kappa shape index (κ2) is 7.22. The number of aromatic nitrogens is 1. The number of piperidine rings is 1. The first-order chi connectivity index (χ1) is 11.5. The SMILES string of the molecule is Cc1ccc(Cl)cc1Nc1ccc(C(=O)N2CCC(C)CC2)nc1. The summed E-state index contributed by atoms with van der Waals surface area (Å²) in [5.74, 6) is 0.724. The van der Waals surface area contributed by atoms with Crippen molar-refractivity contribution >= 4 is 28.9 Å². The highest BCUT2D eigenvalue weighted by molar-refractivity contribution is 6.30. The van der Waals surface area contributed by atoms with Gasteiger partial charge in [0, 0.05) is 23.8 Å². The molecule has 0 unspecified atom stereocenters. The lowest BCUT2D eigenvalue weighted by molar-refractivity contribution is 0.0691. The van der Waals surface area contributed by atoms with Gasteiger partial charge in [-0.2, -0.15) is 0 Å². The zero-order chi connectivity index (χ0) is 17.1. The summed E-state index contributed by atoms with van der Waals surface area (Å²) < 4.78 is 0. The van der Waals surface area contributed by atoms with Gasteiger partial charge >= 0.3 is 0 Å². The quantitative estimate of drug-likeness (QED) is 0.881. The van der Waals surface area contributed by atoms with Gasteiger partial charge in [0.25, 0.3) is 5.91 Å². The van der Waals surface area contributed by atoms with Crippen molar-refractivity contribution < 1.29 is 4.79 Å². The van der Waals surface area contributed by atoms with Crippen molar-refractivity contribution in [3.63, 3.8) is 0 Å². The van der Waals surface area contributed by atoms with E-state index in [9.17, 15) is 4.79 Å². The second-order valence-corrected chi connectivity index (χ2v) is 6.93. The molecule has 1 aromatic carbocycles. The molecule has 0 atom stereocenters. The molecule has 0 aliphatic carbocycles. The summed E-state index contributed by atoms with van der Waals surface area (Å²) in [6.07, 6.45) is 3.83. The molecular formula is C19H22ClN3O. The average molecular weight is 344 g/mol. The summed E-state index contributed by atoms with van der Waals surface area (Å²) in [7, 11) is 0. The molecule has 0 spiro atoms. The number of nitrogens with zero attached hydrogens (tertiary/aromatic N) is 2. The number of hydrogen-bond acceptors (Lipinski definition) is 3. The number of aryl methyl sites for hydroxylation is 1. The summed E-state index contributed by atoms with van der Waals surface area (Å²) in [5.41, 5.74) is 3.37. The highest BCUT2D eigenvalue weighted by Gasteiger charge is 2.22. The molecule has 126 valence electrons. The molecule has 2 aromatic rings. The Morgan fingerprint density at radius 1 is 1.25 bits per heavy atom. The van der Waals surface area contributed by atoms with Gasteiger partial charge < -0.3 is 10.2 Å². The molecule has 1 amide bonds. The Morgan fingerprint density at radius 3 is 2.67 bits per heavy atom. The molecule has 1 fully saturated rings. The third-order valence-electron chi connectivity index (χ3n) is 4.53.